The molecular weight excluding hydrogens is 268 g/mol. The van der Waals surface area contributed by atoms with Gasteiger partial charge in [0.1, 0.15) is 0 Å². The summed E-state index contributed by atoms with van der Waals surface area (Å²) >= 11 is 0. The number of carbonyl (C=O) groups is 2. The van der Waals surface area contributed by atoms with Gasteiger partial charge in [-0.05, 0) is 43.0 Å². The molecule has 1 fully saturated rings. The molecule has 0 heterocycles. The van der Waals surface area contributed by atoms with Gasteiger partial charge in [-0.1, -0.05) is 12.1 Å². The summed E-state index contributed by atoms with van der Waals surface area (Å²) in [4.78, 5) is 23.3. The summed E-state index contributed by atoms with van der Waals surface area (Å²) in [5.74, 6) is -0.242. The molecule has 21 heavy (non-hydrogen) atoms. The average Bonchev–Trinajstić information content (AvgIpc) is 3.30. The second-order valence-corrected chi connectivity index (χ2v) is 5.07. The van der Waals surface area contributed by atoms with Crippen molar-refractivity contribution in [2.24, 2.45) is 0 Å². The number of hydrogen-bond donors (Lipinski definition) is 3. The van der Waals surface area contributed by atoms with E-state index in [4.69, 9.17) is 5.11 Å². The molecule has 0 saturated heterocycles. The van der Waals surface area contributed by atoms with Crippen molar-refractivity contribution in [1.82, 2.24) is 10.6 Å². The Balaban J connectivity index is 1.83. The second-order valence-electron chi connectivity index (χ2n) is 5.07. The number of nitrogens with one attached hydrogen (secondary N) is 2. The van der Waals surface area contributed by atoms with Crippen LogP contribution in [0.2, 0.25) is 0 Å². The highest BCUT2D eigenvalue weighted by Gasteiger charge is 2.23. The molecule has 1 aliphatic carbocycles. The molecular formula is C16H20N2O3. The molecule has 0 aliphatic heterocycles. The summed E-state index contributed by atoms with van der Waals surface area (Å²) < 4.78 is 0. The van der Waals surface area contributed by atoms with E-state index in [1.807, 2.05) is 0 Å². The normalized spacial score (nSPS) is 14.1. The Morgan fingerprint density at radius 3 is 2.57 bits per heavy atom. The molecule has 0 unspecified atom stereocenters. The van der Waals surface area contributed by atoms with E-state index < -0.39 is 0 Å². The lowest BCUT2D eigenvalue weighted by Crippen LogP contribution is -2.25. The van der Waals surface area contributed by atoms with Crippen LogP contribution in [-0.2, 0) is 4.79 Å². The van der Waals surface area contributed by atoms with Crippen LogP contribution < -0.4 is 10.6 Å². The predicted octanol–water partition coefficient (Wildman–Crippen LogP) is 1.09. The molecule has 0 atom stereocenters. The van der Waals surface area contributed by atoms with Gasteiger partial charge in [-0.3, -0.25) is 9.59 Å². The molecule has 3 N–H and O–H groups in total. The Hall–Kier alpha value is -2.14. The van der Waals surface area contributed by atoms with Crippen LogP contribution in [0.3, 0.4) is 0 Å². The lowest BCUT2D eigenvalue weighted by molar-refractivity contribution is -0.116. The van der Waals surface area contributed by atoms with Crippen LogP contribution in [0, 0.1) is 0 Å². The minimum absolute atomic E-state index is 0.0465. The first-order valence-electron chi connectivity index (χ1n) is 7.17. The van der Waals surface area contributed by atoms with E-state index in [1.54, 1.807) is 30.3 Å². The van der Waals surface area contributed by atoms with Crippen molar-refractivity contribution < 1.29 is 14.7 Å². The van der Waals surface area contributed by atoms with Crippen LogP contribution in [0.5, 0.6) is 0 Å². The summed E-state index contributed by atoms with van der Waals surface area (Å²) in [6.07, 6.45) is 5.81. The molecule has 2 rings (SSSR count). The van der Waals surface area contributed by atoms with Gasteiger partial charge in [-0.2, -0.15) is 0 Å². The lowest BCUT2D eigenvalue weighted by atomic mass is 10.1. The van der Waals surface area contributed by atoms with Gasteiger partial charge in [0.05, 0.1) is 0 Å². The third-order valence-corrected chi connectivity index (χ3v) is 3.15. The first-order chi connectivity index (χ1) is 10.2. The van der Waals surface area contributed by atoms with Gasteiger partial charge >= 0.3 is 0 Å². The molecule has 1 aromatic carbocycles. The quantitative estimate of drug-likeness (QED) is 0.519. The fourth-order valence-electron chi connectivity index (χ4n) is 1.76. The third kappa shape index (κ3) is 5.39. The fourth-order valence-corrected chi connectivity index (χ4v) is 1.76. The number of benzene rings is 1. The molecule has 0 bridgehead atoms. The standard InChI is InChI=1S/C16H20N2O3/c19-11-1-10-17-15(20)9-4-12-2-5-13(6-3-12)16(21)18-14-7-8-14/h2-6,9,14,19H,1,7-8,10-11H2,(H,17,20)(H,18,21)/b9-4+. The molecule has 2 amide bonds. The molecule has 5 nitrogen and oxygen atoms in total. The molecule has 1 aliphatic rings. The van der Waals surface area contributed by atoms with Crippen LogP contribution in [0.15, 0.2) is 30.3 Å². The van der Waals surface area contributed by atoms with Gasteiger partial charge in [0, 0.05) is 30.8 Å². The first kappa shape index (κ1) is 15.3. The number of hydrogen-bond acceptors (Lipinski definition) is 3. The summed E-state index contributed by atoms with van der Waals surface area (Å²) in [5.41, 5.74) is 1.49. The highest BCUT2D eigenvalue weighted by atomic mass is 16.3. The summed E-state index contributed by atoms with van der Waals surface area (Å²) in [5, 5.41) is 14.2. The molecule has 1 saturated carbocycles. The van der Waals surface area contributed by atoms with Gasteiger partial charge < -0.3 is 15.7 Å². The fraction of sp³-hybridized carbons (Fsp3) is 0.375. The van der Waals surface area contributed by atoms with Gasteiger partial charge in [-0.15, -0.1) is 0 Å². The Morgan fingerprint density at radius 2 is 1.95 bits per heavy atom. The first-order valence-corrected chi connectivity index (χ1v) is 7.17. The van der Waals surface area contributed by atoms with Crippen molar-refractivity contribution >= 4 is 17.9 Å². The molecule has 0 aromatic heterocycles. The van der Waals surface area contributed by atoms with Crippen LogP contribution >= 0.6 is 0 Å². The second kappa shape index (κ2) is 7.59. The Morgan fingerprint density at radius 1 is 1.24 bits per heavy atom. The lowest BCUT2D eigenvalue weighted by Gasteiger charge is -2.03. The molecule has 0 spiro atoms. The number of carbonyl (C=O) groups excluding carboxylic acids is 2. The van der Waals surface area contributed by atoms with E-state index in [9.17, 15) is 9.59 Å². The molecule has 0 radical (unpaired) electrons. The molecule has 112 valence electrons. The van der Waals surface area contributed by atoms with Crippen LogP contribution in [-0.4, -0.2) is 36.1 Å². The van der Waals surface area contributed by atoms with Crippen LogP contribution in [0.1, 0.15) is 35.2 Å². The van der Waals surface area contributed by atoms with Crippen molar-refractivity contribution in [3.8, 4) is 0 Å². The van der Waals surface area contributed by atoms with E-state index >= 15 is 0 Å². The SMILES string of the molecule is O=C(/C=C/c1ccc(C(=O)NC2CC2)cc1)NCCCO. The Labute approximate surface area is 124 Å². The van der Waals surface area contributed by atoms with Crippen LogP contribution in [0.25, 0.3) is 6.08 Å². The highest BCUT2D eigenvalue weighted by Crippen LogP contribution is 2.19. The largest absolute Gasteiger partial charge is 0.396 e. The van der Waals surface area contributed by atoms with E-state index in [0.717, 1.165) is 18.4 Å². The third-order valence-electron chi connectivity index (χ3n) is 3.15. The van der Waals surface area contributed by atoms with E-state index in [1.165, 1.54) is 6.08 Å². The van der Waals surface area contributed by atoms with Crippen molar-refractivity contribution in [1.29, 1.82) is 0 Å². The summed E-state index contributed by atoms with van der Waals surface area (Å²) in [7, 11) is 0. The monoisotopic (exact) mass is 288 g/mol. The van der Waals surface area contributed by atoms with E-state index in [2.05, 4.69) is 10.6 Å². The number of aliphatic hydroxyl groups is 1. The van der Waals surface area contributed by atoms with Gasteiger partial charge in [-0.25, -0.2) is 0 Å². The smallest absolute Gasteiger partial charge is 0.251 e. The molecule has 5 heteroatoms. The van der Waals surface area contributed by atoms with Gasteiger partial charge in [0.15, 0.2) is 0 Å². The maximum Gasteiger partial charge on any atom is 0.251 e. The van der Waals surface area contributed by atoms with Gasteiger partial charge in [0.25, 0.3) is 5.91 Å². The molecule has 1 aromatic rings. The van der Waals surface area contributed by atoms with Crippen molar-refractivity contribution in [3.05, 3.63) is 41.5 Å². The predicted molar refractivity (Wildman–Crippen MR) is 80.7 cm³/mol. The summed E-state index contributed by atoms with van der Waals surface area (Å²) in [6.45, 7) is 0.522. The van der Waals surface area contributed by atoms with E-state index in [0.29, 0.717) is 24.6 Å². The zero-order chi connectivity index (χ0) is 15.1. The maximum atomic E-state index is 11.8. The van der Waals surface area contributed by atoms with Gasteiger partial charge in [0.2, 0.25) is 5.91 Å². The van der Waals surface area contributed by atoms with Crippen molar-refractivity contribution in [3.63, 3.8) is 0 Å². The van der Waals surface area contributed by atoms with Crippen molar-refractivity contribution in [2.75, 3.05) is 13.2 Å². The number of aliphatic hydroxyl groups excluding tert-OH is 1. The zero-order valence-electron chi connectivity index (χ0n) is 11.8. The topological polar surface area (TPSA) is 78.4 Å². The number of amides is 2. The Kier molecular flexibility index (Phi) is 5.51. The maximum absolute atomic E-state index is 11.8. The highest BCUT2D eigenvalue weighted by molar-refractivity contribution is 5.95. The van der Waals surface area contributed by atoms with Crippen molar-refractivity contribution in [2.45, 2.75) is 25.3 Å². The average molecular weight is 288 g/mol. The zero-order valence-corrected chi connectivity index (χ0v) is 11.8. The Bertz CT molecular complexity index is 519. The number of rotatable bonds is 7. The summed E-state index contributed by atoms with van der Waals surface area (Å²) in [6, 6.07) is 7.46. The minimum Gasteiger partial charge on any atom is -0.396 e. The van der Waals surface area contributed by atoms with E-state index in [-0.39, 0.29) is 18.4 Å². The van der Waals surface area contributed by atoms with Crippen LogP contribution in [0.4, 0.5) is 0 Å². The minimum atomic E-state index is -0.195.